The zero-order valence-corrected chi connectivity index (χ0v) is 15.0. The van der Waals surface area contributed by atoms with Crippen molar-refractivity contribution in [2.75, 3.05) is 27.6 Å². The summed E-state index contributed by atoms with van der Waals surface area (Å²) in [5.41, 5.74) is 1.47. The second-order valence-electron chi connectivity index (χ2n) is 4.88. The normalized spacial score (nSPS) is 10.2. The molecule has 0 radical (unpaired) electrons. The molecule has 0 aliphatic carbocycles. The molecule has 0 atom stereocenters. The topological polar surface area (TPSA) is 56.8 Å². The van der Waals surface area contributed by atoms with Gasteiger partial charge in [-0.2, -0.15) is 0 Å². The highest BCUT2D eigenvalue weighted by Gasteiger charge is 2.17. The minimum atomic E-state index is -0.128. The van der Waals surface area contributed by atoms with Gasteiger partial charge in [0.25, 0.3) is 5.91 Å². The molecule has 0 unspecified atom stereocenters. The number of methoxy groups -OCH3 is 3. The van der Waals surface area contributed by atoms with E-state index in [9.17, 15) is 4.79 Å². The van der Waals surface area contributed by atoms with E-state index < -0.39 is 0 Å². The predicted octanol–water partition coefficient (Wildman–Crippen LogP) is 3.36. The van der Waals surface area contributed by atoms with E-state index in [1.807, 2.05) is 36.6 Å². The molecule has 2 aromatic carbocycles. The van der Waals surface area contributed by atoms with Crippen LogP contribution in [0.25, 0.3) is 0 Å². The van der Waals surface area contributed by atoms with Crippen molar-refractivity contribution in [1.82, 2.24) is 5.32 Å². The summed E-state index contributed by atoms with van der Waals surface area (Å²) in [5.74, 6) is 1.51. The SMILES string of the molecule is COc1ccc(CNC(=O)c2ccccc2SC)c(OC)c1OC. The molecule has 2 rings (SSSR count). The van der Waals surface area contributed by atoms with Crippen LogP contribution in [0, 0.1) is 0 Å². The van der Waals surface area contributed by atoms with Gasteiger partial charge in [-0.15, -0.1) is 11.8 Å². The average molecular weight is 347 g/mol. The minimum absolute atomic E-state index is 0.128. The molecule has 6 heteroatoms. The van der Waals surface area contributed by atoms with E-state index in [0.29, 0.717) is 29.4 Å². The van der Waals surface area contributed by atoms with E-state index in [4.69, 9.17) is 14.2 Å². The standard InChI is InChI=1S/C18H21NO4S/c1-21-14-10-9-12(16(22-2)17(14)23-3)11-19-18(20)13-7-5-6-8-15(13)24-4/h5-10H,11H2,1-4H3,(H,19,20). The first kappa shape index (κ1) is 18.0. The second-order valence-corrected chi connectivity index (χ2v) is 5.72. The van der Waals surface area contributed by atoms with Crippen molar-refractivity contribution in [3.63, 3.8) is 0 Å². The lowest BCUT2D eigenvalue weighted by Crippen LogP contribution is -2.23. The summed E-state index contributed by atoms with van der Waals surface area (Å²) >= 11 is 1.54. The Kier molecular flexibility index (Phi) is 6.37. The number of carbonyl (C=O) groups excluding carboxylic acids is 1. The highest BCUT2D eigenvalue weighted by Crippen LogP contribution is 2.39. The largest absolute Gasteiger partial charge is 0.493 e. The quantitative estimate of drug-likeness (QED) is 0.778. The lowest BCUT2D eigenvalue weighted by molar-refractivity contribution is 0.0947. The number of hydrogen-bond donors (Lipinski definition) is 1. The van der Waals surface area contributed by atoms with Gasteiger partial charge in [-0.05, 0) is 30.5 Å². The average Bonchev–Trinajstić information content (AvgIpc) is 2.64. The van der Waals surface area contributed by atoms with Crippen LogP contribution >= 0.6 is 11.8 Å². The summed E-state index contributed by atoms with van der Waals surface area (Å²) in [4.78, 5) is 13.4. The minimum Gasteiger partial charge on any atom is -0.493 e. The number of carbonyl (C=O) groups is 1. The fourth-order valence-corrected chi connectivity index (χ4v) is 3.00. The van der Waals surface area contributed by atoms with Gasteiger partial charge in [0.1, 0.15) is 0 Å². The fourth-order valence-electron chi connectivity index (χ4n) is 2.41. The number of thioether (sulfide) groups is 1. The zero-order chi connectivity index (χ0) is 17.5. The van der Waals surface area contributed by atoms with Crippen LogP contribution in [0.5, 0.6) is 17.2 Å². The molecule has 5 nitrogen and oxygen atoms in total. The van der Waals surface area contributed by atoms with E-state index >= 15 is 0 Å². The molecule has 128 valence electrons. The Morgan fingerprint density at radius 3 is 2.33 bits per heavy atom. The van der Waals surface area contributed by atoms with Crippen molar-refractivity contribution in [3.05, 3.63) is 47.5 Å². The Bertz CT molecular complexity index is 718. The highest BCUT2D eigenvalue weighted by atomic mass is 32.2. The maximum atomic E-state index is 12.5. The summed E-state index contributed by atoms with van der Waals surface area (Å²) in [5, 5.41) is 2.92. The van der Waals surface area contributed by atoms with E-state index in [0.717, 1.165) is 10.5 Å². The Balaban J connectivity index is 2.21. The Hall–Kier alpha value is -2.34. The maximum Gasteiger partial charge on any atom is 0.252 e. The fraction of sp³-hybridized carbons (Fsp3) is 0.278. The van der Waals surface area contributed by atoms with Crippen LogP contribution in [0.15, 0.2) is 41.3 Å². The lowest BCUT2D eigenvalue weighted by atomic mass is 10.1. The number of benzene rings is 2. The second kappa shape index (κ2) is 8.49. The molecule has 2 aromatic rings. The van der Waals surface area contributed by atoms with Crippen LogP contribution in [-0.4, -0.2) is 33.5 Å². The summed E-state index contributed by atoms with van der Waals surface area (Å²) in [6, 6.07) is 11.1. The van der Waals surface area contributed by atoms with Gasteiger partial charge in [0.2, 0.25) is 5.75 Å². The van der Waals surface area contributed by atoms with Crippen LogP contribution in [0.1, 0.15) is 15.9 Å². The number of rotatable bonds is 7. The molecule has 24 heavy (non-hydrogen) atoms. The molecule has 0 heterocycles. The van der Waals surface area contributed by atoms with E-state index in [-0.39, 0.29) is 5.91 Å². The first-order chi connectivity index (χ1) is 11.7. The van der Waals surface area contributed by atoms with Gasteiger partial charge in [-0.3, -0.25) is 4.79 Å². The van der Waals surface area contributed by atoms with Gasteiger partial charge >= 0.3 is 0 Å². The van der Waals surface area contributed by atoms with Crippen LogP contribution in [0.4, 0.5) is 0 Å². The van der Waals surface area contributed by atoms with Crippen molar-refractivity contribution in [3.8, 4) is 17.2 Å². The van der Waals surface area contributed by atoms with Gasteiger partial charge < -0.3 is 19.5 Å². The third-order valence-electron chi connectivity index (χ3n) is 3.58. The van der Waals surface area contributed by atoms with Crippen LogP contribution < -0.4 is 19.5 Å². The van der Waals surface area contributed by atoms with Gasteiger partial charge in [0.15, 0.2) is 11.5 Å². The number of hydrogen-bond acceptors (Lipinski definition) is 5. The molecule has 0 aliphatic rings. The Morgan fingerprint density at radius 2 is 1.71 bits per heavy atom. The van der Waals surface area contributed by atoms with Gasteiger partial charge in [0.05, 0.1) is 26.9 Å². The van der Waals surface area contributed by atoms with Crippen molar-refractivity contribution in [2.45, 2.75) is 11.4 Å². The van der Waals surface area contributed by atoms with Crippen molar-refractivity contribution < 1.29 is 19.0 Å². The summed E-state index contributed by atoms with van der Waals surface area (Å²) in [7, 11) is 4.68. The van der Waals surface area contributed by atoms with Crippen LogP contribution in [0.2, 0.25) is 0 Å². The van der Waals surface area contributed by atoms with E-state index in [1.165, 1.54) is 0 Å². The van der Waals surface area contributed by atoms with Crippen molar-refractivity contribution in [2.24, 2.45) is 0 Å². The van der Waals surface area contributed by atoms with E-state index in [2.05, 4.69) is 5.32 Å². The lowest BCUT2D eigenvalue weighted by Gasteiger charge is -2.16. The molecule has 0 spiro atoms. The number of ether oxygens (including phenoxy) is 3. The molecule has 0 saturated carbocycles. The number of amides is 1. The van der Waals surface area contributed by atoms with Gasteiger partial charge in [-0.1, -0.05) is 12.1 Å². The van der Waals surface area contributed by atoms with Crippen LogP contribution in [-0.2, 0) is 6.54 Å². The predicted molar refractivity (Wildman–Crippen MR) is 95.5 cm³/mol. The smallest absolute Gasteiger partial charge is 0.252 e. The summed E-state index contributed by atoms with van der Waals surface area (Å²) in [6.07, 6.45) is 1.95. The first-order valence-corrected chi connectivity index (χ1v) is 8.57. The Morgan fingerprint density at radius 1 is 1.00 bits per heavy atom. The van der Waals surface area contributed by atoms with Gasteiger partial charge in [0, 0.05) is 17.0 Å². The molecule has 0 saturated heterocycles. The molecule has 0 aliphatic heterocycles. The molecule has 0 fully saturated rings. The summed E-state index contributed by atoms with van der Waals surface area (Å²) in [6.45, 7) is 0.324. The maximum absolute atomic E-state index is 12.5. The third-order valence-corrected chi connectivity index (χ3v) is 4.37. The van der Waals surface area contributed by atoms with E-state index in [1.54, 1.807) is 39.2 Å². The number of nitrogens with one attached hydrogen (secondary N) is 1. The monoisotopic (exact) mass is 347 g/mol. The van der Waals surface area contributed by atoms with Crippen LogP contribution in [0.3, 0.4) is 0 Å². The molecular weight excluding hydrogens is 326 g/mol. The molecular formula is C18H21NO4S. The molecule has 0 aromatic heterocycles. The highest BCUT2D eigenvalue weighted by molar-refractivity contribution is 7.98. The molecule has 1 N–H and O–H groups in total. The van der Waals surface area contributed by atoms with Gasteiger partial charge in [-0.25, -0.2) is 0 Å². The third kappa shape index (κ3) is 3.76. The summed E-state index contributed by atoms with van der Waals surface area (Å²) < 4.78 is 16.1. The zero-order valence-electron chi connectivity index (χ0n) is 14.2. The molecule has 0 bridgehead atoms. The van der Waals surface area contributed by atoms with Crippen molar-refractivity contribution in [1.29, 1.82) is 0 Å². The first-order valence-electron chi connectivity index (χ1n) is 7.35. The molecule has 1 amide bonds. The Labute approximate surface area is 146 Å². The van der Waals surface area contributed by atoms with Crippen molar-refractivity contribution >= 4 is 17.7 Å².